The molecule has 1 N–H and O–H groups in total. The fraction of sp³-hybridized carbons (Fsp3) is 0.571. The number of benzene rings is 1. The van der Waals surface area contributed by atoms with Gasteiger partial charge in [0.2, 0.25) is 0 Å². The Hall–Kier alpha value is -0.610. The quantitative estimate of drug-likeness (QED) is 0.899. The minimum atomic E-state index is -0.182. The number of hydrogen-bond donors (Lipinski definition) is 1. The predicted octanol–water partition coefficient (Wildman–Crippen LogP) is 3.47. The van der Waals surface area contributed by atoms with Crippen molar-refractivity contribution in [1.82, 2.24) is 5.32 Å². The molecule has 4 heteroatoms. The van der Waals surface area contributed by atoms with Crippen LogP contribution in [0.4, 0.5) is 10.1 Å². The number of aryl methyl sites for hydroxylation is 1. The van der Waals surface area contributed by atoms with Crippen LogP contribution in [0.2, 0.25) is 0 Å². The highest BCUT2D eigenvalue weighted by molar-refractivity contribution is 9.10. The largest absolute Gasteiger partial charge is 0.368 e. The predicted molar refractivity (Wildman–Crippen MR) is 77.7 cm³/mol. The maximum absolute atomic E-state index is 13.7. The van der Waals surface area contributed by atoms with Gasteiger partial charge in [-0.15, -0.1) is 0 Å². The molecule has 2 atom stereocenters. The third-order valence-corrected chi connectivity index (χ3v) is 4.44. The van der Waals surface area contributed by atoms with E-state index in [-0.39, 0.29) is 5.82 Å². The second kappa shape index (κ2) is 5.57. The van der Waals surface area contributed by atoms with E-state index >= 15 is 0 Å². The highest BCUT2D eigenvalue weighted by Crippen LogP contribution is 2.31. The van der Waals surface area contributed by atoms with Crippen LogP contribution in [0.25, 0.3) is 0 Å². The highest BCUT2D eigenvalue weighted by atomic mass is 79.9. The molecule has 1 aliphatic heterocycles. The van der Waals surface area contributed by atoms with Crippen molar-refractivity contribution in [2.45, 2.75) is 38.8 Å². The van der Waals surface area contributed by atoms with E-state index in [1.807, 2.05) is 20.0 Å². The summed E-state index contributed by atoms with van der Waals surface area (Å²) in [6, 6.07) is 4.53. The molecule has 0 spiro atoms. The summed E-state index contributed by atoms with van der Waals surface area (Å²) in [5, 5.41) is 3.33. The van der Waals surface area contributed by atoms with Crippen molar-refractivity contribution in [1.29, 1.82) is 0 Å². The fourth-order valence-electron chi connectivity index (χ4n) is 2.74. The van der Waals surface area contributed by atoms with Gasteiger partial charge < -0.3 is 10.2 Å². The van der Waals surface area contributed by atoms with Crippen LogP contribution < -0.4 is 10.2 Å². The van der Waals surface area contributed by atoms with Gasteiger partial charge in [-0.05, 0) is 67.4 Å². The molecule has 1 heterocycles. The smallest absolute Gasteiger partial charge is 0.139 e. The number of rotatable bonds is 2. The maximum atomic E-state index is 13.7. The average Bonchev–Trinajstić information content (AvgIpc) is 2.34. The monoisotopic (exact) mass is 314 g/mol. The summed E-state index contributed by atoms with van der Waals surface area (Å²) < 4.78 is 14.2. The molecular weight excluding hydrogens is 295 g/mol. The molecule has 2 rings (SSSR count). The van der Waals surface area contributed by atoms with Crippen LogP contribution in [-0.4, -0.2) is 25.7 Å². The molecule has 0 radical (unpaired) electrons. The topological polar surface area (TPSA) is 15.3 Å². The van der Waals surface area contributed by atoms with Crippen molar-refractivity contribution in [2.75, 3.05) is 18.5 Å². The van der Waals surface area contributed by atoms with Gasteiger partial charge in [0.05, 0.1) is 4.47 Å². The molecule has 2 nitrogen and oxygen atoms in total. The van der Waals surface area contributed by atoms with E-state index in [0.717, 1.165) is 30.6 Å². The van der Waals surface area contributed by atoms with E-state index in [0.29, 0.717) is 16.6 Å². The number of halogens is 2. The molecule has 0 aliphatic carbocycles. The van der Waals surface area contributed by atoms with Crippen LogP contribution in [0, 0.1) is 12.7 Å². The second-order valence-electron chi connectivity index (χ2n) is 5.11. The van der Waals surface area contributed by atoms with Crippen LogP contribution in [0.3, 0.4) is 0 Å². The summed E-state index contributed by atoms with van der Waals surface area (Å²) in [6.07, 6.45) is 2.21. The first-order valence-corrected chi connectivity index (χ1v) is 7.21. The number of nitrogens with one attached hydrogen (secondary N) is 1. The van der Waals surface area contributed by atoms with Crippen molar-refractivity contribution in [3.05, 3.63) is 28.0 Å². The van der Waals surface area contributed by atoms with E-state index < -0.39 is 0 Å². The zero-order chi connectivity index (χ0) is 13.3. The van der Waals surface area contributed by atoms with Gasteiger partial charge in [-0.1, -0.05) is 0 Å². The molecular formula is C14H20BrFN2. The molecule has 0 aromatic heterocycles. The van der Waals surface area contributed by atoms with Gasteiger partial charge in [0, 0.05) is 24.3 Å². The molecule has 1 aliphatic rings. The van der Waals surface area contributed by atoms with Crippen LogP contribution in [0.1, 0.15) is 25.3 Å². The molecule has 0 bridgehead atoms. The Morgan fingerprint density at radius 2 is 2.17 bits per heavy atom. The first-order chi connectivity index (χ1) is 8.52. The van der Waals surface area contributed by atoms with Crippen molar-refractivity contribution in [2.24, 2.45) is 0 Å². The van der Waals surface area contributed by atoms with Gasteiger partial charge >= 0.3 is 0 Å². The van der Waals surface area contributed by atoms with Crippen molar-refractivity contribution in [3.63, 3.8) is 0 Å². The minimum absolute atomic E-state index is 0.182. The summed E-state index contributed by atoms with van der Waals surface area (Å²) in [5.41, 5.74) is 2.15. The Morgan fingerprint density at radius 1 is 1.44 bits per heavy atom. The number of nitrogens with zero attached hydrogens (tertiary/aromatic N) is 1. The van der Waals surface area contributed by atoms with Gasteiger partial charge in [-0.3, -0.25) is 0 Å². The Labute approximate surface area is 117 Å². The molecule has 0 saturated carbocycles. The Kier molecular flexibility index (Phi) is 4.28. The average molecular weight is 315 g/mol. The molecule has 1 fully saturated rings. The van der Waals surface area contributed by atoms with Gasteiger partial charge in [0.25, 0.3) is 0 Å². The van der Waals surface area contributed by atoms with Crippen molar-refractivity contribution in [3.8, 4) is 0 Å². The molecule has 2 unspecified atom stereocenters. The van der Waals surface area contributed by atoms with E-state index in [1.54, 1.807) is 6.07 Å². The van der Waals surface area contributed by atoms with Crippen LogP contribution >= 0.6 is 15.9 Å². The molecule has 0 amide bonds. The third kappa shape index (κ3) is 2.69. The third-order valence-electron chi connectivity index (χ3n) is 3.83. The fourth-order valence-corrected chi connectivity index (χ4v) is 3.20. The van der Waals surface area contributed by atoms with Gasteiger partial charge in [0.15, 0.2) is 0 Å². The maximum Gasteiger partial charge on any atom is 0.139 e. The van der Waals surface area contributed by atoms with Crippen LogP contribution in [0.15, 0.2) is 16.6 Å². The van der Waals surface area contributed by atoms with Crippen molar-refractivity contribution < 1.29 is 4.39 Å². The SMILES string of the molecule is CNC1CCN(c2cc(F)c(Br)cc2C)C(C)C1. The lowest BCUT2D eigenvalue weighted by Crippen LogP contribution is -2.46. The molecule has 1 saturated heterocycles. The number of hydrogen-bond acceptors (Lipinski definition) is 2. The standard InChI is InChI=1S/C14H20BrFN2/c1-9-6-12(15)13(16)8-14(9)18-5-4-11(17-3)7-10(18)2/h6,8,10-11,17H,4-5,7H2,1-3H3. The lowest BCUT2D eigenvalue weighted by atomic mass is 9.97. The Bertz CT molecular complexity index is 436. The summed E-state index contributed by atoms with van der Waals surface area (Å²) >= 11 is 3.24. The molecule has 18 heavy (non-hydrogen) atoms. The Morgan fingerprint density at radius 3 is 2.78 bits per heavy atom. The van der Waals surface area contributed by atoms with E-state index in [4.69, 9.17) is 0 Å². The second-order valence-corrected chi connectivity index (χ2v) is 5.96. The summed E-state index contributed by atoms with van der Waals surface area (Å²) in [7, 11) is 2.01. The van der Waals surface area contributed by atoms with Gasteiger partial charge in [-0.25, -0.2) is 4.39 Å². The van der Waals surface area contributed by atoms with Gasteiger partial charge in [-0.2, -0.15) is 0 Å². The zero-order valence-electron chi connectivity index (χ0n) is 11.1. The highest BCUT2D eigenvalue weighted by Gasteiger charge is 2.26. The lowest BCUT2D eigenvalue weighted by molar-refractivity contribution is 0.386. The molecule has 1 aromatic rings. The lowest BCUT2D eigenvalue weighted by Gasteiger charge is -2.40. The summed E-state index contributed by atoms with van der Waals surface area (Å²) in [4.78, 5) is 2.32. The van der Waals surface area contributed by atoms with E-state index in [1.165, 1.54) is 0 Å². The first kappa shape index (κ1) is 13.8. The first-order valence-electron chi connectivity index (χ1n) is 6.42. The van der Waals surface area contributed by atoms with Crippen molar-refractivity contribution >= 4 is 21.6 Å². The zero-order valence-corrected chi connectivity index (χ0v) is 12.7. The number of piperidine rings is 1. The Balaban J connectivity index is 2.24. The van der Waals surface area contributed by atoms with Crippen LogP contribution in [0.5, 0.6) is 0 Å². The summed E-state index contributed by atoms with van der Waals surface area (Å²) in [6.45, 7) is 5.23. The van der Waals surface area contributed by atoms with Gasteiger partial charge in [0.1, 0.15) is 5.82 Å². The normalized spacial score (nSPS) is 24.4. The van der Waals surface area contributed by atoms with E-state index in [2.05, 4.69) is 33.1 Å². The number of anilines is 1. The molecule has 1 aromatic carbocycles. The van der Waals surface area contributed by atoms with E-state index in [9.17, 15) is 4.39 Å². The summed E-state index contributed by atoms with van der Waals surface area (Å²) in [5.74, 6) is -0.182. The van der Waals surface area contributed by atoms with Crippen LogP contribution in [-0.2, 0) is 0 Å². The minimum Gasteiger partial charge on any atom is -0.368 e. The molecule has 100 valence electrons.